The maximum atomic E-state index is 5.69. The lowest BCUT2D eigenvalue weighted by atomic mass is 10.2. The van der Waals surface area contributed by atoms with Gasteiger partial charge in [0.15, 0.2) is 16.6 Å². The van der Waals surface area contributed by atoms with Gasteiger partial charge in [0.05, 0.1) is 37.7 Å². The number of rotatable bonds is 9. The number of anilines is 1. The van der Waals surface area contributed by atoms with Gasteiger partial charge in [-0.2, -0.15) is 5.10 Å². The van der Waals surface area contributed by atoms with Crippen molar-refractivity contribution in [3.63, 3.8) is 0 Å². The highest BCUT2D eigenvalue weighted by Crippen LogP contribution is 2.28. The van der Waals surface area contributed by atoms with Gasteiger partial charge in [0, 0.05) is 19.3 Å². The van der Waals surface area contributed by atoms with Crippen molar-refractivity contribution in [2.24, 2.45) is 0 Å². The molecule has 1 saturated heterocycles. The lowest BCUT2D eigenvalue weighted by Gasteiger charge is -2.13. The van der Waals surface area contributed by atoms with Crippen LogP contribution < -0.4 is 20.1 Å². The van der Waals surface area contributed by atoms with Crippen molar-refractivity contribution in [3.05, 3.63) is 36.2 Å². The molecule has 3 rings (SSSR count). The Hall–Kier alpha value is -2.32. The molecular formula is C20H28N4O3S. The molecule has 0 spiro atoms. The summed E-state index contributed by atoms with van der Waals surface area (Å²) in [6, 6.07) is 5.96. The Labute approximate surface area is 171 Å². The van der Waals surface area contributed by atoms with Crippen LogP contribution in [0.3, 0.4) is 0 Å². The molecule has 1 aliphatic heterocycles. The van der Waals surface area contributed by atoms with Gasteiger partial charge in [0.25, 0.3) is 0 Å². The van der Waals surface area contributed by atoms with E-state index in [2.05, 4.69) is 15.7 Å². The summed E-state index contributed by atoms with van der Waals surface area (Å²) in [5, 5.41) is 11.4. The minimum atomic E-state index is 0.252. The lowest BCUT2D eigenvalue weighted by molar-refractivity contribution is 0.114. The molecule has 2 N–H and O–H groups in total. The summed E-state index contributed by atoms with van der Waals surface area (Å²) in [5.41, 5.74) is 1.93. The standard InChI is InChI=1S/C20H28N4O3S/c1-3-25-18-8-7-15(10-19(18)26-4-2)13-24-14-16(11-22-24)23-20(28)21-12-17-6-5-9-27-17/h7-8,10-11,14,17H,3-6,9,12-13H2,1-2H3,(H2,21,23,28). The zero-order valence-corrected chi connectivity index (χ0v) is 17.3. The van der Waals surface area contributed by atoms with Crippen molar-refractivity contribution in [1.29, 1.82) is 0 Å². The Morgan fingerprint density at radius 3 is 2.86 bits per heavy atom. The van der Waals surface area contributed by atoms with Gasteiger partial charge in [-0.3, -0.25) is 4.68 Å². The van der Waals surface area contributed by atoms with E-state index in [4.69, 9.17) is 26.4 Å². The van der Waals surface area contributed by atoms with Crippen molar-refractivity contribution >= 4 is 23.0 Å². The summed E-state index contributed by atoms with van der Waals surface area (Å²) in [6.45, 7) is 7.32. The Bertz CT molecular complexity index is 775. The predicted octanol–water partition coefficient (Wildman–Crippen LogP) is 3.19. The second-order valence-electron chi connectivity index (χ2n) is 6.54. The van der Waals surface area contributed by atoms with Crippen LogP contribution in [-0.2, 0) is 11.3 Å². The minimum absolute atomic E-state index is 0.252. The number of nitrogens with zero attached hydrogens (tertiary/aromatic N) is 2. The molecule has 1 fully saturated rings. The summed E-state index contributed by atoms with van der Waals surface area (Å²) in [5.74, 6) is 1.52. The Kier molecular flexibility index (Phi) is 7.50. The van der Waals surface area contributed by atoms with Crippen LogP contribution in [0.1, 0.15) is 32.3 Å². The maximum Gasteiger partial charge on any atom is 0.170 e. The molecule has 1 aromatic heterocycles. The molecule has 0 amide bonds. The minimum Gasteiger partial charge on any atom is -0.490 e. The quantitative estimate of drug-likeness (QED) is 0.622. The van der Waals surface area contributed by atoms with Crippen molar-refractivity contribution in [3.8, 4) is 11.5 Å². The summed E-state index contributed by atoms with van der Waals surface area (Å²) in [7, 11) is 0. The highest BCUT2D eigenvalue weighted by molar-refractivity contribution is 7.80. The lowest BCUT2D eigenvalue weighted by Crippen LogP contribution is -2.34. The third-order valence-electron chi connectivity index (χ3n) is 4.36. The highest BCUT2D eigenvalue weighted by atomic mass is 32.1. The molecule has 7 nitrogen and oxygen atoms in total. The van der Waals surface area contributed by atoms with Gasteiger partial charge in [0.1, 0.15) is 0 Å². The number of hydrogen-bond donors (Lipinski definition) is 2. The van der Waals surface area contributed by atoms with Crippen LogP contribution in [0.5, 0.6) is 11.5 Å². The van der Waals surface area contributed by atoms with Gasteiger partial charge < -0.3 is 24.8 Å². The fourth-order valence-electron chi connectivity index (χ4n) is 3.08. The molecule has 1 unspecified atom stereocenters. The fourth-order valence-corrected chi connectivity index (χ4v) is 3.28. The first-order valence-electron chi connectivity index (χ1n) is 9.75. The van der Waals surface area contributed by atoms with Crippen LogP contribution >= 0.6 is 12.2 Å². The molecule has 1 aromatic carbocycles. The van der Waals surface area contributed by atoms with Gasteiger partial charge in [-0.1, -0.05) is 6.07 Å². The molecule has 2 aromatic rings. The first kappa shape index (κ1) is 20.4. The first-order valence-corrected chi connectivity index (χ1v) is 10.2. The molecule has 0 aliphatic carbocycles. The molecule has 0 bridgehead atoms. The van der Waals surface area contributed by atoms with Crippen LogP contribution in [0.4, 0.5) is 5.69 Å². The normalized spacial score (nSPS) is 16.0. The van der Waals surface area contributed by atoms with E-state index in [1.54, 1.807) is 6.20 Å². The van der Waals surface area contributed by atoms with E-state index in [9.17, 15) is 0 Å². The Balaban J connectivity index is 1.54. The molecule has 0 radical (unpaired) electrons. The molecule has 2 heterocycles. The molecule has 152 valence electrons. The summed E-state index contributed by atoms with van der Waals surface area (Å²) in [6.07, 6.45) is 6.14. The maximum absolute atomic E-state index is 5.69. The molecule has 28 heavy (non-hydrogen) atoms. The van der Waals surface area contributed by atoms with Crippen LogP contribution in [-0.4, -0.2) is 47.4 Å². The molecule has 1 aliphatic rings. The number of hydrogen-bond acceptors (Lipinski definition) is 5. The summed E-state index contributed by atoms with van der Waals surface area (Å²) < 4.78 is 18.8. The van der Waals surface area contributed by atoms with Crippen LogP contribution in [0, 0.1) is 0 Å². The van der Waals surface area contributed by atoms with Crippen molar-refractivity contribution in [2.45, 2.75) is 39.3 Å². The fraction of sp³-hybridized carbons (Fsp3) is 0.500. The highest BCUT2D eigenvalue weighted by Gasteiger charge is 2.15. The summed E-state index contributed by atoms with van der Waals surface area (Å²) >= 11 is 5.35. The number of ether oxygens (including phenoxy) is 3. The van der Waals surface area contributed by atoms with E-state index in [0.717, 1.165) is 48.7 Å². The van der Waals surface area contributed by atoms with E-state index in [1.165, 1.54) is 0 Å². The van der Waals surface area contributed by atoms with Crippen LogP contribution in [0.15, 0.2) is 30.6 Å². The second-order valence-corrected chi connectivity index (χ2v) is 6.95. The molecule has 0 saturated carbocycles. The monoisotopic (exact) mass is 404 g/mol. The average Bonchev–Trinajstić information content (AvgIpc) is 3.35. The Morgan fingerprint density at radius 2 is 2.11 bits per heavy atom. The smallest absolute Gasteiger partial charge is 0.170 e. The molecule has 1 atom stereocenters. The van der Waals surface area contributed by atoms with Gasteiger partial charge >= 0.3 is 0 Å². The van der Waals surface area contributed by atoms with E-state index in [1.807, 2.05) is 42.9 Å². The topological polar surface area (TPSA) is 69.6 Å². The largest absolute Gasteiger partial charge is 0.490 e. The van der Waals surface area contributed by atoms with Gasteiger partial charge in [-0.25, -0.2) is 0 Å². The SMILES string of the molecule is CCOc1ccc(Cn2cc(NC(=S)NCC3CCCO3)cn2)cc1OCC. The van der Waals surface area contributed by atoms with Gasteiger partial charge in [-0.15, -0.1) is 0 Å². The number of nitrogens with one attached hydrogen (secondary N) is 2. The van der Waals surface area contributed by atoms with Crippen molar-refractivity contribution < 1.29 is 14.2 Å². The predicted molar refractivity (Wildman–Crippen MR) is 113 cm³/mol. The second kappa shape index (κ2) is 10.3. The van der Waals surface area contributed by atoms with Crippen molar-refractivity contribution in [1.82, 2.24) is 15.1 Å². The number of aromatic nitrogens is 2. The van der Waals surface area contributed by atoms with Gasteiger partial charge in [0.2, 0.25) is 0 Å². The van der Waals surface area contributed by atoms with E-state index in [-0.39, 0.29) is 6.10 Å². The molecule has 8 heteroatoms. The van der Waals surface area contributed by atoms with Gasteiger partial charge in [-0.05, 0) is 56.6 Å². The summed E-state index contributed by atoms with van der Waals surface area (Å²) in [4.78, 5) is 0. The van der Waals surface area contributed by atoms with Crippen LogP contribution in [0.2, 0.25) is 0 Å². The zero-order valence-electron chi connectivity index (χ0n) is 16.4. The molecular weight excluding hydrogens is 376 g/mol. The zero-order chi connectivity index (χ0) is 19.8. The Morgan fingerprint density at radius 1 is 1.29 bits per heavy atom. The first-order chi connectivity index (χ1) is 13.7. The average molecular weight is 405 g/mol. The van der Waals surface area contributed by atoms with E-state index < -0.39 is 0 Å². The van der Waals surface area contributed by atoms with E-state index >= 15 is 0 Å². The third-order valence-corrected chi connectivity index (χ3v) is 4.60. The third kappa shape index (κ3) is 5.84. The van der Waals surface area contributed by atoms with E-state index in [0.29, 0.717) is 24.9 Å². The van der Waals surface area contributed by atoms with Crippen LogP contribution in [0.25, 0.3) is 0 Å². The number of thiocarbonyl (C=S) groups is 1. The number of benzene rings is 1. The van der Waals surface area contributed by atoms with Crippen molar-refractivity contribution in [2.75, 3.05) is 31.7 Å².